The topological polar surface area (TPSA) is 51.2 Å². The number of hydrogen-bond donors (Lipinski definition) is 1. The van der Waals surface area contributed by atoms with E-state index in [4.69, 9.17) is 4.74 Å². The minimum Gasteiger partial charge on any atom is -0.488 e. The summed E-state index contributed by atoms with van der Waals surface area (Å²) in [5, 5.41) is 6.27. The standard InChI is InChI=1S/C21H20N2O2S/c24-20(18-14-26-21(23-18)17-10-6-12-22-17)16-9-4-5-11-19(16)25-13-15-7-2-1-3-8-15/h1-5,7-9,11,14,17,22H,6,10,12-13H2/t17-/m0/s1. The maximum absolute atomic E-state index is 13.0. The van der Waals surface area contributed by atoms with Gasteiger partial charge in [-0.2, -0.15) is 0 Å². The first-order chi connectivity index (χ1) is 12.8. The third-order valence-electron chi connectivity index (χ3n) is 4.48. The number of benzene rings is 2. The van der Waals surface area contributed by atoms with E-state index in [1.807, 2.05) is 53.9 Å². The second kappa shape index (κ2) is 7.81. The zero-order valence-corrected chi connectivity index (χ0v) is 15.2. The average molecular weight is 364 g/mol. The van der Waals surface area contributed by atoms with Crippen molar-refractivity contribution in [3.8, 4) is 5.75 Å². The number of aromatic nitrogens is 1. The molecule has 0 aliphatic carbocycles. The molecule has 0 spiro atoms. The summed E-state index contributed by atoms with van der Waals surface area (Å²) in [6, 6.07) is 17.6. The predicted octanol–water partition coefficient (Wildman–Crippen LogP) is 4.38. The number of para-hydroxylation sites is 1. The smallest absolute Gasteiger partial charge is 0.215 e. The van der Waals surface area contributed by atoms with Crippen LogP contribution in [0.25, 0.3) is 0 Å². The molecular formula is C21H20N2O2S. The van der Waals surface area contributed by atoms with Gasteiger partial charge in [-0.3, -0.25) is 4.79 Å². The summed E-state index contributed by atoms with van der Waals surface area (Å²) >= 11 is 1.55. The Morgan fingerprint density at radius 2 is 1.96 bits per heavy atom. The van der Waals surface area contributed by atoms with Gasteiger partial charge < -0.3 is 10.1 Å². The monoisotopic (exact) mass is 364 g/mol. The molecule has 0 saturated carbocycles. The summed E-state index contributed by atoms with van der Waals surface area (Å²) in [5.41, 5.74) is 2.12. The number of nitrogens with one attached hydrogen (secondary N) is 1. The van der Waals surface area contributed by atoms with Crippen molar-refractivity contribution in [2.75, 3.05) is 6.54 Å². The molecular weight excluding hydrogens is 344 g/mol. The molecule has 1 saturated heterocycles. The molecule has 1 atom stereocenters. The highest BCUT2D eigenvalue weighted by Gasteiger charge is 2.22. The van der Waals surface area contributed by atoms with Crippen molar-refractivity contribution in [2.45, 2.75) is 25.5 Å². The fourth-order valence-electron chi connectivity index (χ4n) is 3.10. The number of rotatable bonds is 6. The largest absolute Gasteiger partial charge is 0.488 e. The lowest BCUT2D eigenvalue weighted by Gasteiger charge is -2.10. The summed E-state index contributed by atoms with van der Waals surface area (Å²) in [6.45, 7) is 1.45. The number of ketones is 1. The Morgan fingerprint density at radius 3 is 2.77 bits per heavy atom. The quantitative estimate of drug-likeness (QED) is 0.660. The van der Waals surface area contributed by atoms with Crippen LogP contribution in [0, 0.1) is 0 Å². The Hall–Kier alpha value is -2.50. The predicted molar refractivity (Wildman–Crippen MR) is 103 cm³/mol. The van der Waals surface area contributed by atoms with E-state index in [0.29, 0.717) is 23.6 Å². The van der Waals surface area contributed by atoms with Crippen LogP contribution in [0.4, 0.5) is 0 Å². The summed E-state index contributed by atoms with van der Waals surface area (Å²) in [6.07, 6.45) is 2.24. The van der Waals surface area contributed by atoms with E-state index >= 15 is 0 Å². The second-order valence-electron chi connectivity index (χ2n) is 6.32. The van der Waals surface area contributed by atoms with E-state index in [0.717, 1.165) is 30.0 Å². The maximum Gasteiger partial charge on any atom is 0.215 e. The Bertz CT molecular complexity index is 886. The molecule has 2 aromatic carbocycles. The molecule has 0 bridgehead atoms. The molecule has 4 rings (SSSR count). The lowest BCUT2D eigenvalue weighted by Crippen LogP contribution is -2.13. The van der Waals surface area contributed by atoms with Crippen LogP contribution in [0.3, 0.4) is 0 Å². The first kappa shape index (κ1) is 16.9. The Morgan fingerprint density at radius 1 is 1.15 bits per heavy atom. The van der Waals surface area contributed by atoms with Crippen LogP contribution >= 0.6 is 11.3 Å². The minimum absolute atomic E-state index is 0.0887. The zero-order valence-electron chi connectivity index (χ0n) is 14.4. The minimum atomic E-state index is -0.0887. The summed E-state index contributed by atoms with van der Waals surface area (Å²) in [7, 11) is 0. The van der Waals surface area contributed by atoms with Crippen LogP contribution in [0.1, 0.15) is 45.5 Å². The van der Waals surface area contributed by atoms with E-state index in [1.54, 1.807) is 17.4 Å². The Labute approximate surface area is 156 Å². The maximum atomic E-state index is 13.0. The molecule has 1 fully saturated rings. The molecule has 0 radical (unpaired) electrons. The van der Waals surface area contributed by atoms with Crippen molar-refractivity contribution in [2.24, 2.45) is 0 Å². The van der Waals surface area contributed by atoms with E-state index in [9.17, 15) is 4.79 Å². The van der Waals surface area contributed by atoms with E-state index < -0.39 is 0 Å². The highest BCUT2D eigenvalue weighted by molar-refractivity contribution is 7.10. The molecule has 1 N–H and O–H groups in total. The molecule has 26 heavy (non-hydrogen) atoms. The molecule has 0 amide bonds. The normalized spacial score (nSPS) is 16.5. The number of hydrogen-bond acceptors (Lipinski definition) is 5. The number of nitrogens with zero attached hydrogens (tertiary/aromatic N) is 1. The van der Waals surface area contributed by atoms with Crippen molar-refractivity contribution < 1.29 is 9.53 Å². The fraction of sp³-hybridized carbons (Fsp3) is 0.238. The highest BCUT2D eigenvalue weighted by atomic mass is 32.1. The van der Waals surface area contributed by atoms with Gasteiger partial charge in [-0.1, -0.05) is 42.5 Å². The average Bonchev–Trinajstić information content (AvgIpc) is 3.38. The van der Waals surface area contributed by atoms with Crippen molar-refractivity contribution in [3.63, 3.8) is 0 Å². The summed E-state index contributed by atoms with van der Waals surface area (Å²) in [5.74, 6) is 0.504. The molecule has 0 unspecified atom stereocenters. The van der Waals surface area contributed by atoms with Gasteiger partial charge in [-0.15, -0.1) is 11.3 Å². The van der Waals surface area contributed by atoms with E-state index in [2.05, 4.69) is 10.3 Å². The van der Waals surface area contributed by atoms with Crippen LogP contribution in [0.5, 0.6) is 5.75 Å². The molecule has 2 heterocycles. The van der Waals surface area contributed by atoms with Crippen LogP contribution in [0.2, 0.25) is 0 Å². The molecule has 3 aromatic rings. The van der Waals surface area contributed by atoms with Crippen LogP contribution < -0.4 is 10.1 Å². The zero-order chi connectivity index (χ0) is 17.8. The molecule has 1 aliphatic heterocycles. The molecule has 1 aromatic heterocycles. The molecule has 4 nitrogen and oxygen atoms in total. The van der Waals surface area contributed by atoms with Crippen LogP contribution in [-0.2, 0) is 6.61 Å². The van der Waals surface area contributed by atoms with Gasteiger partial charge in [0.15, 0.2) is 0 Å². The number of ether oxygens (including phenoxy) is 1. The van der Waals surface area contributed by atoms with Crippen molar-refractivity contribution in [3.05, 3.63) is 81.8 Å². The second-order valence-corrected chi connectivity index (χ2v) is 7.21. The van der Waals surface area contributed by atoms with Gasteiger partial charge in [0.25, 0.3) is 0 Å². The van der Waals surface area contributed by atoms with Crippen LogP contribution in [0.15, 0.2) is 60.0 Å². The molecule has 132 valence electrons. The third-order valence-corrected chi connectivity index (χ3v) is 5.44. The Kier molecular flexibility index (Phi) is 5.09. The summed E-state index contributed by atoms with van der Waals surface area (Å²) in [4.78, 5) is 17.5. The van der Waals surface area contributed by atoms with Gasteiger partial charge in [-0.05, 0) is 37.1 Å². The van der Waals surface area contributed by atoms with E-state index in [-0.39, 0.29) is 11.8 Å². The lowest BCUT2D eigenvalue weighted by atomic mass is 10.1. The number of carbonyl (C=O) groups excluding carboxylic acids is 1. The lowest BCUT2D eigenvalue weighted by molar-refractivity contribution is 0.103. The molecule has 1 aliphatic rings. The fourth-order valence-corrected chi connectivity index (χ4v) is 4.01. The SMILES string of the molecule is O=C(c1csc([C@@H]2CCCN2)n1)c1ccccc1OCc1ccccc1. The van der Waals surface area contributed by atoms with Crippen molar-refractivity contribution >= 4 is 17.1 Å². The van der Waals surface area contributed by atoms with Gasteiger partial charge in [0.1, 0.15) is 23.1 Å². The van der Waals surface area contributed by atoms with Gasteiger partial charge in [0, 0.05) is 5.38 Å². The molecule has 5 heteroatoms. The summed E-state index contributed by atoms with van der Waals surface area (Å²) < 4.78 is 5.91. The van der Waals surface area contributed by atoms with Gasteiger partial charge in [-0.25, -0.2) is 4.98 Å². The van der Waals surface area contributed by atoms with Gasteiger partial charge in [0.05, 0.1) is 11.6 Å². The first-order valence-corrected chi connectivity index (χ1v) is 9.68. The Balaban J connectivity index is 1.52. The van der Waals surface area contributed by atoms with Crippen LogP contribution in [-0.4, -0.2) is 17.3 Å². The van der Waals surface area contributed by atoms with Gasteiger partial charge >= 0.3 is 0 Å². The van der Waals surface area contributed by atoms with Gasteiger partial charge in [0.2, 0.25) is 5.78 Å². The first-order valence-electron chi connectivity index (χ1n) is 8.80. The third kappa shape index (κ3) is 3.69. The van der Waals surface area contributed by atoms with Crippen molar-refractivity contribution in [1.82, 2.24) is 10.3 Å². The number of carbonyl (C=O) groups is 1. The number of thiazole rings is 1. The van der Waals surface area contributed by atoms with Crippen molar-refractivity contribution in [1.29, 1.82) is 0 Å². The van der Waals surface area contributed by atoms with E-state index in [1.165, 1.54) is 0 Å². The highest BCUT2D eigenvalue weighted by Crippen LogP contribution is 2.28.